The maximum absolute atomic E-state index is 12.6. The van der Waals surface area contributed by atoms with Gasteiger partial charge in [0.05, 0.1) is 38.3 Å². The molecule has 0 aromatic heterocycles. The molecule has 1 heterocycles. The molecule has 0 bridgehead atoms. The fourth-order valence-corrected chi connectivity index (χ4v) is 4.73. The van der Waals surface area contributed by atoms with E-state index in [9.17, 15) is 39.9 Å². The third kappa shape index (κ3) is 6.54. The van der Waals surface area contributed by atoms with E-state index < -0.39 is 38.4 Å². The van der Waals surface area contributed by atoms with Crippen molar-refractivity contribution < 1.29 is 24.2 Å². The molecule has 0 radical (unpaired) electrons. The molecule has 44 heavy (non-hydrogen) atoms. The van der Waals surface area contributed by atoms with Crippen molar-refractivity contribution in [3.8, 4) is 6.07 Å². The topological polar surface area (TPSA) is 205 Å². The van der Waals surface area contributed by atoms with Crippen molar-refractivity contribution >= 4 is 51.8 Å². The van der Waals surface area contributed by atoms with Gasteiger partial charge >= 0.3 is 5.69 Å². The van der Waals surface area contributed by atoms with Crippen molar-refractivity contribution in [2.75, 3.05) is 29.9 Å². The first-order chi connectivity index (χ1) is 21.0. The maximum Gasteiger partial charge on any atom is 0.304 e. The third-order valence-corrected chi connectivity index (χ3v) is 6.84. The van der Waals surface area contributed by atoms with Gasteiger partial charge in [-0.25, -0.2) is 0 Å². The van der Waals surface area contributed by atoms with Gasteiger partial charge in [0.1, 0.15) is 11.8 Å². The summed E-state index contributed by atoms with van der Waals surface area (Å²) in [6, 6.07) is 14.9. The Hall–Kier alpha value is -6.04. The Morgan fingerprint density at radius 1 is 1.00 bits per heavy atom. The first kappa shape index (κ1) is 30.9. The van der Waals surface area contributed by atoms with Crippen LogP contribution in [0.5, 0.6) is 0 Å². The average molecular weight is 599 g/mol. The molecule has 1 aliphatic rings. The molecule has 0 spiro atoms. The number of carbonyl (C=O) groups is 3. The highest BCUT2D eigenvalue weighted by atomic mass is 16.6. The zero-order valence-electron chi connectivity index (χ0n) is 23.7. The largest absolute Gasteiger partial charge is 0.372 e. The van der Waals surface area contributed by atoms with Crippen molar-refractivity contribution in [3.63, 3.8) is 0 Å². The number of azo groups is 1. The van der Waals surface area contributed by atoms with Crippen molar-refractivity contribution in [1.82, 2.24) is 4.90 Å². The minimum absolute atomic E-state index is 0.127. The van der Waals surface area contributed by atoms with Gasteiger partial charge in [-0.1, -0.05) is 12.1 Å². The van der Waals surface area contributed by atoms with Crippen LogP contribution in [0, 0.1) is 31.6 Å². The van der Waals surface area contributed by atoms with Gasteiger partial charge in [-0.15, -0.1) is 10.2 Å². The Labute approximate surface area is 250 Å². The SMILES string of the molecule is CCN(CCCCN1C(=O)c2ccccc2C1=O)c1ccc(N=Nc2c(C#N)cc([N+](=O)[O-])cc2[N+](=O)[O-])c(NC(C)=O)c1. The van der Waals surface area contributed by atoms with E-state index in [-0.39, 0.29) is 29.7 Å². The molecule has 15 heteroatoms. The van der Waals surface area contributed by atoms with E-state index in [1.54, 1.807) is 42.5 Å². The summed E-state index contributed by atoms with van der Waals surface area (Å²) in [5.41, 5.74) is -0.386. The molecule has 224 valence electrons. The number of unbranched alkanes of at least 4 members (excludes halogenated alkanes) is 1. The summed E-state index contributed by atoms with van der Waals surface area (Å²) in [5, 5.41) is 42.7. The fourth-order valence-electron chi connectivity index (χ4n) is 4.73. The molecule has 4 rings (SSSR count). The molecule has 0 saturated heterocycles. The molecule has 0 unspecified atom stereocenters. The predicted molar refractivity (Wildman–Crippen MR) is 158 cm³/mol. The lowest BCUT2D eigenvalue weighted by atomic mass is 10.1. The molecule has 3 aromatic rings. The summed E-state index contributed by atoms with van der Waals surface area (Å²) in [4.78, 5) is 61.4. The Balaban J connectivity index is 1.51. The molecule has 0 fully saturated rings. The van der Waals surface area contributed by atoms with Crippen molar-refractivity contribution in [2.24, 2.45) is 10.2 Å². The molecule has 0 saturated carbocycles. The predicted octanol–water partition coefficient (Wildman–Crippen LogP) is 5.65. The van der Waals surface area contributed by atoms with Crippen molar-refractivity contribution in [1.29, 1.82) is 5.26 Å². The lowest BCUT2D eigenvalue weighted by Gasteiger charge is -2.24. The maximum atomic E-state index is 12.6. The summed E-state index contributed by atoms with van der Waals surface area (Å²) in [6.45, 7) is 4.67. The molecule has 0 aliphatic carbocycles. The second-order valence-corrected chi connectivity index (χ2v) is 9.66. The average Bonchev–Trinajstić information content (AvgIpc) is 3.24. The number of carbonyl (C=O) groups excluding carboxylic acids is 3. The summed E-state index contributed by atoms with van der Waals surface area (Å²) >= 11 is 0. The number of benzene rings is 3. The number of nitrogens with one attached hydrogen (secondary N) is 1. The molecule has 0 atom stereocenters. The third-order valence-electron chi connectivity index (χ3n) is 6.84. The van der Waals surface area contributed by atoms with E-state index in [2.05, 4.69) is 15.5 Å². The van der Waals surface area contributed by atoms with Gasteiger partial charge in [0, 0.05) is 38.3 Å². The standard InChI is InChI=1S/C29H26N8O7/c1-3-34(12-6-7-13-35-28(39)22-8-4-5-9-23(22)29(35)40)20-10-11-24(25(15-20)31-18(2)38)32-33-27-19(17-30)14-21(36(41)42)16-26(27)37(43)44/h4-5,8-11,14-16H,3,6-7,12-13H2,1-2H3,(H,31,38). The number of fused-ring (bicyclic) bond motifs is 1. The van der Waals surface area contributed by atoms with Gasteiger partial charge in [-0.2, -0.15) is 5.26 Å². The number of nitro benzene ring substituents is 2. The lowest BCUT2D eigenvalue weighted by Crippen LogP contribution is -2.31. The van der Waals surface area contributed by atoms with Crippen LogP contribution in [0.4, 0.5) is 34.1 Å². The van der Waals surface area contributed by atoms with Crippen LogP contribution < -0.4 is 10.2 Å². The molecule has 1 N–H and O–H groups in total. The highest BCUT2D eigenvalue weighted by Crippen LogP contribution is 2.38. The van der Waals surface area contributed by atoms with Gasteiger partial charge in [-0.3, -0.25) is 39.5 Å². The monoisotopic (exact) mass is 598 g/mol. The Morgan fingerprint density at radius 2 is 1.68 bits per heavy atom. The summed E-state index contributed by atoms with van der Waals surface area (Å²) in [7, 11) is 0. The number of non-ortho nitro benzene ring substituents is 1. The number of nitro groups is 2. The smallest absolute Gasteiger partial charge is 0.304 e. The minimum Gasteiger partial charge on any atom is -0.372 e. The first-order valence-corrected chi connectivity index (χ1v) is 13.5. The van der Waals surface area contributed by atoms with Crippen LogP contribution in [0.25, 0.3) is 0 Å². The Bertz CT molecular complexity index is 1710. The normalized spacial score (nSPS) is 12.2. The van der Waals surface area contributed by atoms with Crippen LogP contribution in [0.15, 0.2) is 64.8 Å². The van der Waals surface area contributed by atoms with Crippen molar-refractivity contribution in [2.45, 2.75) is 26.7 Å². The number of anilines is 2. The number of imide groups is 1. The zero-order chi connectivity index (χ0) is 32.0. The van der Waals surface area contributed by atoms with Gasteiger partial charge in [0.2, 0.25) is 5.91 Å². The number of rotatable bonds is 12. The second-order valence-electron chi connectivity index (χ2n) is 9.66. The lowest BCUT2D eigenvalue weighted by molar-refractivity contribution is -0.393. The van der Waals surface area contributed by atoms with Gasteiger partial charge in [0.25, 0.3) is 17.5 Å². The zero-order valence-corrected chi connectivity index (χ0v) is 23.7. The van der Waals surface area contributed by atoms with Gasteiger partial charge < -0.3 is 10.2 Å². The van der Waals surface area contributed by atoms with E-state index in [0.29, 0.717) is 43.1 Å². The van der Waals surface area contributed by atoms with Crippen LogP contribution in [-0.2, 0) is 4.79 Å². The first-order valence-electron chi connectivity index (χ1n) is 13.5. The summed E-state index contributed by atoms with van der Waals surface area (Å²) < 4.78 is 0. The van der Waals surface area contributed by atoms with Crippen LogP contribution in [0.3, 0.4) is 0 Å². The van der Waals surface area contributed by atoms with Crippen LogP contribution in [-0.4, -0.2) is 52.1 Å². The number of amides is 3. The van der Waals surface area contributed by atoms with E-state index >= 15 is 0 Å². The van der Waals surface area contributed by atoms with E-state index in [0.717, 1.165) is 11.8 Å². The van der Waals surface area contributed by atoms with Gasteiger partial charge in [-0.05, 0) is 50.1 Å². The van der Waals surface area contributed by atoms with Crippen LogP contribution in [0.1, 0.15) is 53.0 Å². The van der Waals surface area contributed by atoms with Crippen LogP contribution in [0.2, 0.25) is 0 Å². The van der Waals surface area contributed by atoms with Crippen LogP contribution >= 0.6 is 0 Å². The molecular formula is C29H26N8O7. The molecule has 15 nitrogen and oxygen atoms in total. The Kier molecular flexibility index (Phi) is 9.34. The summed E-state index contributed by atoms with van der Waals surface area (Å²) in [6.07, 6.45) is 1.22. The van der Waals surface area contributed by atoms with Gasteiger partial charge in [0.15, 0.2) is 5.69 Å². The fraction of sp³-hybridized carbons (Fsp3) is 0.241. The number of nitrogens with zero attached hydrogens (tertiary/aromatic N) is 7. The molecule has 1 aliphatic heterocycles. The summed E-state index contributed by atoms with van der Waals surface area (Å²) in [5.74, 6) is -1.02. The van der Waals surface area contributed by atoms with Crippen molar-refractivity contribution in [3.05, 3.63) is 91.5 Å². The molecule has 3 amide bonds. The second kappa shape index (κ2) is 13.3. The van der Waals surface area contributed by atoms with E-state index in [4.69, 9.17) is 0 Å². The highest BCUT2D eigenvalue weighted by Gasteiger charge is 2.34. The number of hydrogen-bond donors (Lipinski definition) is 1. The number of nitriles is 1. The van der Waals surface area contributed by atoms with E-state index in [1.807, 2.05) is 11.8 Å². The highest BCUT2D eigenvalue weighted by molar-refractivity contribution is 6.21. The quantitative estimate of drug-likeness (QED) is 0.0897. The molecule has 3 aromatic carbocycles. The van der Waals surface area contributed by atoms with E-state index in [1.165, 1.54) is 17.9 Å². The minimum atomic E-state index is -0.895. The molecular weight excluding hydrogens is 572 g/mol. The number of hydrogen-bond acceptors (Lipinski definition) is 11. The Morgan fingerprint density at radius 3 is 2.25 bits per heavy atom.